The zero-order chi connectivity index (χ0) is 13.1. The first-order valence-electron chi connectivity index (χ1n) is 8.05. The number of hydrogen-bond acceptors (Lipinski definition) is 1. The molecule has 19 heavy (non-hydrogen) atoms. The second-order valence-electron chi connectivity index (χ2n) is 6.79. The van der Waals surface area contributed by atoms with E-state index in [0.717, 1.165) is 18.0 Å². The molecule has 2 aliphatic carbocycles. The van der Waals surface area contributed by atoms with Gasteiger partial charge in [-0.3, -0.25) is 0 Å². The van der Waals surface area contributed by atoms with Gasteiger partial charge in [0.1, 0.15) is 0 Å². The zero-order valence-electron chi connectivity index (χ0n) is 12.3. The minimum absolute atomic E-state index is 0.755. The van der Waals surface area contributed by atoms with Crippen LogP contribution in [-0.2, 0) is 6.54 Å². The second-order valence-corrected chi connectivity index (χ2v) is 6.79. The van der Waals surface area contributed by atoms with Crippen LogP contribution in [0.25, 0.3) is 0 Å². The highest BCUT2D eigenvalue weighted by atomic mass is 14.9. The summed E-state index contributed by atoms with van der Waals surface area (Å²) in [6.45, 7) is 3.26. The molecule has 0 heterocycles. The van der Waals surface area contributed by atoms with Gasteiger partial charge >= 0.3 is 0 Å². The lowest BCUT2D eigenvalue weighted by atomic mass is 9.71. The number of rotatable bonds is 3. The molecular weight excluding hydrogens is 230 g/mol. The summed E-state index contributed by atoms with van der Waals surface area (Å²) in [5, 5.41) is 3.79. The molecule has 2 aliphatic rings. The minimum atomic E-state index is 0.755. The van der Waals surface area contributed by atoms with Crippen molar-refractivity contribution < 1.29 is 0 Å². The normalized spacial score (nSPS) is 23.0. The van der Waals surface area contributed by atoms with Gasteiger partial charge < -0.3 is 5.32 Å². The van der Waals surface area contributed by atoms with Gasteiger partial charge in [0.15, 0.2) is 0 Å². The van der Waals surface area contributed by atoms with Crippen molar-refractivity contribution in [2.45, 2.75) is 70.9 Å². The van der Waals surface area contributed by atoms with Gasteiger partial charge in [0.2, 0.25) is 0 Å². The van der Waals surface area contributed by atoms with Crippen LogP contribution in [0.5, 0.6) is 0 Å². The fourth-order valence-electron chi connectivity index (χ4n) is 4.12. The van der Waals surface area contributed by atoms with Crippen LogP contribution in [0.2, 0.25) is 0 Å². The maximum atomic E-state index is 3.79. The van der Waals surface area contributed by atoms with Gasteiger partial charge in [0.05, 0.1) is 0 Å². The van der Waals surface area contributed by atoms with Gasteiger partial charge in [-0.15, -0.1) is 0 Å². The van der Waals surface area contributed by atoms with Crippen LogP contribution in [0, 0.1) is 12.3 Å². The van der Waals surface area contributed by atoms with E-state index in [1.54, 1.807) is 0 Å². The maximum Gasteiger partial charge on any atom is 0.0210 e. The van der Waals surface area contributed by atoms with Crippen LogP contribution >= 0.6 is 0 Å². The third-order valence-corrected chi connectivity index (χ3v) is 5.55. The Morgan fingerprint density at radius 1 is 1.05 bits per heavy atom. The predicted octanol–water partition coefficient (Wildman–Crippen LogP) is 4.59. The van der Waals surface area contributed by atoms with Crippen LogP contribution in [0.4, 0.5) is 0 Å². The van der Waals surface area contributed by atoms with Crippen molar-refractivity contribution >= 4 is 0 Å². The Hall–Kier alpha value is -0.820. The summed E-state index contributed by atoms with van der Waals surface area (Å²) >= 11 is 0. The molecule has 0 bridgehead atoms. The Bertz CT molecular complexity index is 407. The van der Waals surface area contributed by atoms with Crippen molar-refractivity contribution in [1.82, 2.24) is 5.32 Å². The first-order chi connectivity index (χ1) is 9.27. The zero-order valence-corrected chi connectivity index (χ0v) is 12.3. The molecule has 1 aromatic rings. The highest BCUT2D eigenvalue weighted by Gasteiger charge is 2.37. The van der Waals surface area contributed by atoms with E-state index in [0.29, 0.717) is 0 Å². The van der Waals surface area contributed by atoms with Gasteiger partial charge in [-0.1, -0.05) is 37.1 Å². The first-order valence-corrected chi connectivity index (χ1v) is 8.05. The van der Waals surface area contributed by atoms with Crippen molar-refractivity contribution in [3.63, 3.8) is 0 Å². The fourth-order valence-corrected chi connectivity index (χ4v) is 4.12. The summed E-state index contributed by atoms with van der Waals surface area (Å²) in [5.74, 6) is 0. The van der Waals surface area contributed by atoms with Crippen LogP contribution in [0.15, 0.2) is 24.3 Å². The van der Waals surface area contributed by atoms with E-state index in [9.17, 15) is 0 Å². The van der Waals surface area contributed by atoms with Gasteiger partial charge in [-0.2, -0.15) is 0 Å². The predicted molar refractivity (Wildman–Crippen MR) is 81.2 cm³/mol. The standard InChI is InChI=1S/C18H27N/c1-15-6-2-3-7-16(15)14-19-17-8-12-18(13-9-17)10-4-5-11-18/h2-3,6-7,17,19H,4-5,8-14H2,1H3. The fraction of sp³-hybridized carbons (Fsp3) is 0.667. The Labute approximate surface area is 117 Å². The molecule has 1 nitrogen and oxygen atoms in total. The lowest BCUT2D eigenvalue weighted by Crippen LogP contribution is -2.36. The van der Waals surface area contributed by atoms with Crippen LogP contribution in [-0.4, -0.2) is 6.04 Å². The highest BCUT2D eigenvalue weighted by Crippen LogP contribution is 2.48. The Balaban J connectivity index is 1.49. The van der Waals surface area contributed by atoms with E-state index < -0.39 is 0 Å². The smallest absolute Gasteiger partial charge is 0.0210 e. The molecule has 1 aromatic carbocycles. The van der Waals surface area contributed by atoms with Crippen LogP contribution in [0.3, 0.4) is 0 Å². The summed E-state index contributed by atoms with van der Waals surface area (Å²) in [4.78, 5) is 0. The van der Waals surface area contributed by atoms with E-state index in [4.69, 9.17) is 0 Å². The molecule has 2 fully saturated rings. The monoisotopic (exact) mass is 257 g/mol. The Kier molecular flexibility index (Phi) is 3.93. The van der Waals surface area contributed by atoms with Gasteiger partial charge in [0, 0.05) is 12.6 Å². The molecule has 1 spiro atoms. The van der Waals surface area contributed by atoms with Crippen LogP contribution in [0.1, 0.15) is 62.5 Å². The molecule has 0 saturated heterocycles. The molecule has 3 rings (SSSR count). The molecule has 0 amide bonds. The summed E-state index contributed by atoms with van der Waals surface area (Å²) < 4.78 is 0. The number of hydrogen-bond donors (Lipinski definition) is 1. The SMILES string of the molecule is Cc1ccccc1CNC1CCC2(CCCC2)CC1. The number of nitrogens with one attached hydrogen (secondary N) is 1. The van der Waals surface area contributed by atoms with Crippen molar-refractivity contribution in [2.75, 3.05) is 0 Å². The molecule has 0 aromatic heterocycles. The topological polar surface area (TPSA) is 12.0 Å². The van der Waals surface area contributed by atoms with Crippen LogP contribution < -0.4 is 5.32 Å². The van der Waals surface area contributed by atoms with E-state index in [1.165, 1.54) is 62.5 Å². The molecule has 0 atom stereocenters. The Morgan fingerprint density at radius 2 is 1.74 bits per heavy atom. The molecule has 104 valence electrons. The average Bonchev–Trinajstić information content (AvgIpc) is 2.88. The largest absolute Gasteiger partial charge is 0.310 e. The molecule has 0 unspecified atom stereocenters. The summed E-state index contributed by atoms with van der Waals surface area (Å²) in [5.41, 5.74) is 3.64. The van der Waals surface area contributed by atoms with Crippen molar-refractivity contribution in [3.05, 3.63) is 35.4 Å². The van der Waals surface area contributed by atoms with Gasteiger partial charge in [-0.25, -0.2) is 0 Å². The first kappa shape index (κ1) is 13.2. The summed E-state index contributed by atoms with van der Waals surface area (Å²) in [7, 11) is 0. The van der Waals surface area contributed by atoms with E-state index in [-0.39, 0.29) is 0 Å². The third-order valence-electron chi connectivity index (χ3n) is 5.55. The quantitative estimate of drug-likeness (QED) is 0.835. The lowest BCUT2D eigenvalue weighted by Gasteiger charge is -2.37. The molecule has 1 heteroatoms. The Morgan fingerprint density at radius 3 is 2.42 bits per heavy atom. The number of aryl methyl sites for hydroxylation is 1. The molecule has 1 N–H and O–H groups in total. The molecule has 2 saturated carbocycles. The maximum absolute atomic E-state index is 3.79. The van der Waals surface area contributed by atoms with E-state index >= 15 is 0 Å². The van der Waals surface area contributed by atoms with Crippen molar-refractivity contribution in [1.29, 1.82) is 0 Å². The minimum Gasteiger partial charge on any atom is -0.310 e. The molecular formula is C18H27N. The molecule has 0 radical (unpaired) electrons. The summed E-state index contributed by atoms with van der Waals surface area (Å²) in [6.07, 6.45) is 11.7. The van der Waals surface area contributed by atoms with E-state index in [1.807, 2.05) is 0 Å². The second kappa shape index (κ2) is 5.66. The van der Waals surface area contributed by atoms with Crippen molar-refractivity contribution in [3.8, 4) is 0 Å². The summed E-state index contributed by atoms with van der Waals surface area (Å²) in [6, 6.07) is 9.50. The van der Waals surface area contributed by atoms with E-state index in [2.05, 4.69) is 36.5 Å². The van der Waals surface area contributed by atoms with Gasteiger partial charge in [0.25, 0.3) is 0 Å². The third kappa shape index (κ3) is 3.02. The number of benzene rings is 1. The van der Waals surface area contributed by atoms with Gasteiger partial charge in [-0.05, 0) is 62.0 Å². The highest BCUT2D eigenvalue weighted by molar-refractivity contribution is 5.25. The molecule has 0 aliphatic heterocycles. The lowest BCUT2D eigenvalue weighted by molar-refractivity contribution is 0.168. The van der Waals surface area contributed by atoms with Crippen molar-refractivity contribution in [2.24, 2.45) is 5.41 Å². The average molecular weight is 257 g/mol.